The van der Waals surface area contributed by atoms with Gasteiger partial charge in [-0.1, -0.05) is 104 Å². The lowest BCUT2D eigenvalue weighted by Crippen LogP contribution is -2.45. The maximum absolute atomic E-state index is 13.8. The van der Waals surface area contributed by atoms with E-state index in [1.807, 2.05) is 36.4 Å². The molecule has 1 aliphatic carbocycles. The van der Waals surface area contributed by atoms with Gasteiger partial charge in [-0.2, -0.15) is 0 Å². The second kappa shape index (κ2) is 20.6. The molecule has 5 aromatic carbocycles. The Morgan fingerprint density at radius 1 is 0.734 bits per heavy atom. The zero-order valence-electron chi connectivity index (χ0n) is 36.7. The zero-order chi connectivity index (χ0) is 43.8. The Balaban J connectivity index is 0.00000612. The fourth-order valence-corrected chi connectivity index (χ4v) is 10.1. The van der Waals surface area contributed by atoms with Crippen LogP contribution in [0.25, 0.3) is 10.8 Å². The first-order valence-corrected chi connectivity index (χ1v) is 22.4. The lowest BCUT2D eigenvalue weighted by Gasteiger charge is -2.39. The molecule has 0 unspecified atom stereocenters. The summed E-state index contributed by atoms with van der Waals surface area (Å²) in [6.45, 7) is 0.813. The molecule has 1 fully saturated rings. The van der Waals surface area contributed by atoms with Crippen LogP contribution in [0.2, 0.25) is 0 Å². The number of rotatable bonds is 18. The number of imide groups is 1. The summed E-state index contributed by atoms with van der Waals surface area (Å²) < 4.78 is 25.0. The van der Waals surface area contributed by atoms with Gasteiger partial charge in [0, 0.05) is 47.1 Å². The molecular formula is C54H57ClFN3O5. The third kappa shape index (κ3) is 9.70. The zero-order valence-corrected chi connectivity index (χ0v) is 37.6. The molecule has 0 saturated heterocycles. The topological polar surface area (TPSA) is 97.8 Å². The summed E-state index contributed by atoms with van der Waals surface area (Å²) in [6.07, 6.45) is 9.45. The number of nitrogens with zero attached hydrogens (tertiary/aromatic N) is 2. The van der Waals surface area contributed by atoms with Crippen LogP contribution in [0, 0.1) is 5.82 Å². The van der Waals surface area contributed by atoms with Crippen LogP contribution in [0.5, 0.6) is 11.5 Å². The molecular weight excluding hydrogens is 825 g/mol. The summed E-state index contributed by atoms with van der Waals surface area (Å²) in [4.78, 5) is 47.6. The standard InChI is InChI=1S/C54H56FN3O5.ClH/c1-62-47-34-39-35-49(53(29-12-5-13-30-53)37-58-51(60)43-20-10-11-21-44(43)52(58)61)57-46(45(39)36-48(47)63-2)22-14-31-54(40-16-6-3-7-17-40,41-18-8-4-9-19-41)32-15-33-56-50(59)28-25-38-23-26-42(55)27-24-38;/h3-4,6-11,16-21,23-24,26-27,34-36H,5,12-15,22,25,28-33,37H2,1-2H3,(H,56,59);1H. The van der Waals surface area contributed by atoms with E-state index in [-0.39, 0.29) is 47.9 Å². The number of carbonyl (C=O) groups excluding carboxylic acids is 3. The monoisotopic (exact) mass is 881 g/mol. The first kappa shape index (κ1) is 45.9. The molecule has 2 heterocycles. The molecule has 64 heavy (non-hydrogen) atoms. The molecule has 10 heteroatoms. The summed E-state index contributed by atoms with van der Waals surface area (Å²) in [5, 5.41) is 5.11. The van der Waals surface area contributed by atoms with Gasteiger partial charge >= 0.3 is 0 Å². The lowest BCUT2D eigenvalue weighted by atomic mass is 9.68. The molecule has 8 rings (SSSR count). The number of ether oxygens (including phenoxy) is 2. The van der Waals surface area contributed by atoms with Gasteiger partial charge in [0.05, 0.1) is 25.3 Å². The third-order valence-electron chi connectivity index (χ3n) is 13.4. The molecule has 8 nitrogen and oxygen atoms in total. The number of benzene rings is 5. The van der Waals surface area contributed by atoms with E-state index >= 15 is 0 Å². The molecule has 0 radical (unpaired) electrons. The number of methoxy groups -OCH3 is 2. The first-order chi connectivity index (χ1) is 30.7. The number of aryl methyl sites for hydroxylation is 2. The number of hydrogen-bond acceptors (Lipinski definition) is 6. The van der Waals surface area contributed by atoms with Crippen LogP contribution in [0.4, 0.5) is 4.39 Å². The minimum atomic E-state index is -0.511. The number of carbonyl (C=O) groups is 3. The highest BCUT2D eigenvalue weighted by Crippen LogP contribution is 2.45. The number of fused-ring (bicyclic) bond motifs is 2. The largest absolute Gasteiger partial charge is 0.493 e. The van der Waals surface area contributed by atoms with E-state index in [9.17, 15) is 18.8 Å². The minimum Gasteiger partial charge on any atom is -0.493 e. The maximum Gasteiger partial charge on any atom is 0.261 e. The van der Waals surface area contributed by atoms with Crippen molar-refractivity contribution in [1.82, 2.24) is 15.2 Å². The van der Waals surface area contributed by atoms with E-state index in [0.717, 1.165) is 85.5 Å². The van der Waals surface area contributed by atoms with E-state index in [2.05, 4.69) is 59.9 Å². The van der Waals surface area contributed by atoms with Crippen LogP contribution in [0.3, 0.4) is 0 Å². The van der Waals surface area contributed by atoms with E-state index in [1.165, 1.54) is 28.2 Å². The number of hydrogen-bond donors (Lipinski definition) is 1. The Hall–Kier alpha value is -6.06. The number of pyridine rings is 1. The van der Waals surface area contributed by atoms with Crippen molar-refractivity contribution in [2.24, 2.45) is 0 Å². The van der Waals surface area contributed by atoms with Gasteiger partial charge in [-0.3, -0.25) is 24.3 Å². The number of aromatic nitrogens is 1. The summed E-state index contributed by atoms with van der Waals surface area (Å²) in [7, 11) is 3.29. The third-order valence-corrected chi connectivity index (χ3v) is 13.4. The smallest absolute Gasteiger partial charge is 0.261 e. The van der Waals surface area contributed by atoms with E-state index in [4.69, 9.17) is 14.5 Å². The van der Waals surface area contributed by atoms with Crippen molar-refractivity contribution in [1.29, 1.82) is 0 Å². The van der Waals surface area contributed by atoms with Crippen LogP contribution in [-0.2, 0) is 28.5 Å². The number of nitrogens with one attached hydrogen (secondary N) is 1. The van der Waals surface area contributed by atoms with Crippen LogP contribution in [0.15, 0.2) is 127 Å². The van der Waals surface area contributed by atoms with Crippen molar-refractivity contribution in [2.75, 3.05) is 27.3 Å². The predicted octanol–water partition coefficient (Wildman–Crippen LogP) is 11.1. The van der Waals surface area contributed by atoms with Crippen molar-refractivity contribution < 1.29 is 28.2 Å². The Morgan fingerprint density at radius 2 is 1.31 bits per heavy atom. The van der Waals surface area contributed by atoms with Gasteiger partial charge in [-0.25, -0.2) is 4.39 Å². The van der Waals surface area contributed by atoms with Crippen LogP contribution in [0.1, 0.15) is 113 Å². The summed E-state index contributed by atoms with van der Waals surface area (Å²) in [6, 6.07) is 41.0. The van der Waals surface area contributed by atoms with Crippen LogP contribution < -0.4 is 14.8 Å². The first-order valence-electron chi connectivity index (χ1n) is 22.4. The predicted molar refractivity (Wildman–Crippen MR) is 252 cm³/mol. The molecule has 6 aromatic rings. The molecule has 0 spiro atoms. The number of amides is 3. The Labute approximate surface area is 382 Å². The second-order valence-corrected chi connectivity index (χ2v) is 17.2. The summed E-state index contributed by atoms with van der Waals surface area (Å²) >= 11 is 0. The fourth-order valence-electron chi connectivity index (χ4n) is 10.1. The highest BCUT2D eigenvalue weighted by atomic mass is 35.5. The van der Waals surface area contributed by atoms with Crippen LogP contribution >= 0.6 is 12.4 Å². The van der Waals surface area contributed by atoms with Crippen molar-refractivity contribution in [3.05, 3.63) is 172 Å². The summed E-state index contributed by atoms with van der Waals surface area (Å²) in [5.41, 5.74) is 5.28. The molecule has 3 amide bonds. The molecule has 2 aliphatic rings. The van der Waals surface area contributed by atoms with Crippen molar-refractivity contribution in [2.45, 2.75) is 87.9 Å². The van der Waals surface area contributed by atoms with E-state index in [0.29, 0.717) is 48.4 Å². The van der Waals surface area contributed by atoms with E-state index in [1.54, 1.807) is 38.5 Å². The molecule has 1 aromatic heterocycles. The van der Waals surface area contributed by atoms with Crippen molar-refractivity contribution >= 4 is 40.9 Å². The lowest BCUT2D eigenvalue weighted by molar-refractivity contribution is -0.121. The molecule has 332 valence electrons. The SMILES string of the molecule is COc1cc2cc(C3(CN4C(=O)c5ccccc5C4=O)CCCCC3)nc(CCCC(CCCNC(=O)CCc3ccc(F)cc3)(c3ccccc3)c3ccccc3)c2cc1OC.Cl. The molecule has 0 atom stereocenters. The Kier molecular flexibility index (Phi) is 14.8. The van der Waals surface area contributed by atoms with Gasteiger partial charge in [0.1, 0.15) is 5.82 Å². The molecule has 0 bridgehead atoms. The summed E-state index contributed by atoms with van der Waals surface area (Å²) in [5.74, 6) is 0.467. The van der Waals surface area contributed by atoms with Gasteiger partial charge in [0.25, 0.3) is 11.8 Å². The van der Waals surface area contributed by atoms with Crippen molar-refractivity contribution in [3.8, 4) is 11.5 Å². The average Bonchev–Trinajstić information content (AvgIpc) is 3.56. The molecule has 1 N–H and O–H groups in total. The van der Waals surface area contributed by atoms with Gasteiger partial charge in [-0.05, 0) is 116 Å². The molecule has 1 aliphatic heterocycles. The fraction of sp³-hybridized carbons (Fsp3) is 0.333. The van der Waals surface area contributed by atoms with E-state index < -0.39 is 5.41 Å². The highest BCUT2D eigenvalue weighted by molar-refractivity contribution is 6.21. The minimum absolute atomic E-state index is 0. The second-order valence-electron chi connectivity index (χ2n) is 17.2. The van der Waals surface area contributed by atoms with Crippen molar-refractivity contribution in [3.63, 3.8) is 0 Å². The van der Waals surface area contributed by atoms with Gasteiger partial charge in [0.15, 0.2) is 11.5 Å². The normalized spacial score (nSPS) is 14.5. The highest BCUT2D eigenvalue weighted by Gasteiger charge is 2.44. The quantitative estimate of drug-likeness (QED) is 0.0682. The average molecular weight is 883 g/mol. The molecule has 1 saturated carbocycles. The van der Waals surface area contributed by atoms with Gasteiger partial charge in [0.2, 0.25) is 5.91 Å². The van der Waals surface area contributed by atoms with Gasteiger partial charge < -0.3 is 14.8 Å². The Bertz CT molecular complexity index is 2490. The Morgan fingerprint density at radius 3 is 1.92 bits per heavy atom. The van der Waals surface area contributed by atoms with Crippen LogP contribution in [-0.4, -0.2) is 54.9 Å². The van der Waals surface area contributed by atoms with Gasteiger partial charge in [-0.15, -0.1) is 12.4 Å². The number of halogens is 2. The maximum atomic E-state index is 13.8.